The lowest BCUT2D eigenvalue weighted by Gasteiger charge is -2.37. The van der Waals surface area contributed by atoms with Crippen molar-refractivity contribution in [2.24, 2.45) is 0 Å². The molecule has 0 aromatic heterocycles. The predicted octanol–water partition coefficient (Wildman–Crippen LogP) is 5.28. The van der Waals surface area contributed by atoms with E-state index in [9.17, 15) is 16.8 Å². The minimum Gasteiger partial charge on any atom is -0.368 e. The molecule has 0 heterocycles. The van der Waals surface area contributed by atoms with Crippen molar-refractivity contribution in [1.82, 2.24) is 0 Å². The summed E-state index contributed by atoms with van der Waals surface area (Å²) in [6.45, 7) is -0.420. The van der Waals surface area contributed by atoms with Crippen LogP contribution in [0, 0.1) is 0 Å². The first-order valence-corrected chi connectivity index (χ1v) is 19.0. The zero-order valence-electron chi connectivity index (χ0n) is 27.0. The normalized spacial score (nSPS) is 14.6. The SMILES string of the molecule is CS(=O)(=O)OC[C@@H](OCc1ccccc1)[C@@H](OCc1ccccc1)[C@H](OCc1ccccc1)[C@@H](COS(C)(=O)=O)OCc1ccccc1. The Kier molecular flexibility index (Phi) is 14.7. The average molecular weight is 699 g/mol. The van der Waals surface area contributed by atoms with E-state index < -0.39 is 57.9 Å². The fraction of sp³-hybridized carbons (Fsp3) is 0.333. The van der Waals surface area contributed by atoms with E-state index in [1.54, 1.807) is 0 Å². The topological polar surface area (TPSA) is 124 Å². The summed E-state index contributed by atoms with van der Waals surface area (Å²) in [7, 11) is -7.78. The Hall–Kier alpha value is -3.46. The maximum absolute atomic E-state index is 12.2. The maximum Gasteiger partial charge on any atom is 0.264 e. The molecule has 4 rings (SSSR count). The van der Waals surface area contributed by atoms with Crippen LogP contribution in [0.4, 0.5) is 0 Å². The average Bonchev–Trinajstić information content (AvgIpc) is 3.08. The summed E-state index contributed by atoms with van der Waals surface area (Å²) in [5.41, 5.74) is 3.35. The summed E-state index contributed by atoms with van der Waals surface area (Å²) in [6.07, 6.45) is -2.21. The maximum atomic E-state index is 12.2. The molecular formula is C36H42O10S2. The molecule has 48 heavy (non-hydrogen) atoms. The fourth-order valence-corrected chi connectivity index (χ4v) is 5.54. The molecule has 12 heteroatoms. The van der Waals surface area contributed by atoms with Crippen molar-refractivity contribution >= 4 is 20.2 Å². The van der Waals surface area contributed by atoms with E-state index in [4.69, 9.17) is 27.3 Å². The van der Waals surface area contributed by atoms with Crippen molar-refractivity contribution in [2.45, 2.75) is 50.8 Å². The minimum absolute atomic E-state index is 0.0963. The minimum atomic E-state index is -3.89. The van der Waals surface area contributed by atoms with Crippen LogP contribution in [0.25, 0.3) is 0 Å². The van der Waals surface area contributed by atoms with Gasteiger partial charge < -0.3 is 18.9 Å². The molecule has 0 aliphatic rings. The van der Waals surface area contributed by atoms with E-state index in [0.29, 0.717) is 0 Å². The molecule has 0 N–H and O–H groups in total. The van der Waals surface area contributed by atoms with Crippen LogP contribution in [0.15, 0.2) is 121 Å². The molecule has 0 saturated carbocycles. The van der Waals surface area contributed by atoms with Gasteiger partial charge >= 0.3 is 0 Å². The van der Waals surface area contributed by atoms with E-state index in [2.05, 4.69) is 0 Å². The molecule has 0 spiro atoms. The molecule has 4 aromatic carbocycles. The van der Waals surface area contributed by atoms with Gasteiger partial charge in [-0.15, -0.1) is 0 Å². The quantitative estimate of drug-likeness (QED) is 0.106. The molecule has 0 unspecified atom stereocenters. The summed E-state index contributed by atoms with van der Waals surface area (Å²) in [5.74, 6) is 0. The molecule has 0 aliphatic heterocycles. The third-order valence-electron chi connectivity index (χ3n) is 7.13. The molecule has 258 valence electrons. The number of hydrogen-bond donors (Lipinski definition) is 0. The zero-order valence-corrected chi connectivity index (χ0v) is 28.6. The van der Waals surface area contributed by atoms with Crippen LogP contribution in [0.2, 0.25) is 0 Å². The summed E-state index contributed by atoms with van der Waals surface area (Å²) in [5, 5.41) is 0. The van der Waals surface area contributed by atoms with Gasteiger partial charge in [0.25, 0.3) is 20.2 Å². The molecule has 4 aromatic rings. The van der Waals surface area contributed by atoms with Crippen LogP contribution in [0.1, 0.15) is 22.3 Å². The summed E-state index contributed by atoms with van der Waals surface area (Å²) in [6, 6.07) is 37.6. The Balaban J connectivity index is 1.75. The molecule has 0 bridgehead atoms. The molecule has 10 nitrogen and oxygen atoms in total. The van der Waals surface area contributed by atoms with Crippen molar-refractivity contribution in [2.75, 3.05) is 25.7 Å². The third kappa shape index (κ3) is 14.0. The van der Waals surface area contributed by atoms with Crippen molar-refractivity contribution in [3.63, 3.8) is 0 Å². The van der Waals surface area contributed by atoms with Gasteiger partial charge in [-0.25, -0.2) is 0 Å². The lowest BCUT2D eigenvalue weighted by Crippen LogP contribution is -2.52. The van der Waals surface area contributed by atoms with E-state index in [1.807, 2.05) is 121 Å². The van der Waals surface area contributed by atoms with Gasteiger partial charge in [0.2, 0.25) is 0 Å². The van der Waals surface area contributed by atoms with Crippen molar-refractivity contribution in [3.8, 4) is 0 Å². The van der Waals surface area contributed by atoms with Crippen LogP contribution in [0.5, 0.6) is 0 Å². The number of benzene rings is 4. The van der Waals surface area contributed by atoms with Crippen LogP contribution < -0.4 is 0 Å². The molecular weight excluding hydrogens is 657 g/mol. The van der Waals surface area contributed by atoms with Gasteiger partial charge in [-0.2, -0.15) is 16.8 Å². The van der Waals surface area contributed by atoms with Crippen LogP contribution in [-0.2, 0) is 74.0 Å². The van der Waals surface area contributed by atoms with Crippen LogP contribution in [-0.4, -0.2) is 67.0 Å². The molecule has 0 saturated heterocycles. The van der Waals surface area contributed by atoms with Gasteiger partial charge in [0, 0.05) is 0 Å². The number of rotatable bonds is 21. The zero-order chi connectivity index (χ0) is 34.2. The van der Waals surface area contributed by atoms with E-state index in [1.165, 1.54) is 0 Å². The van der Waals surface area contributed by atoms with Crippen molar-refractivity contribution < 1.29 is 44.1 Å². The fourth-order valence-electron chi connectivity index (χ4n) is 4.77. The predicted molar refractivity (Wildman–Crippen MR) is 182 cm³/mol. The Morgan fingerprint density at radius 3 is 0.917 bits per heavy atom. The first-order chi connectivity index (χ1) is 23.1. The first-order valence-electron chi connectivity index (χ1n) is 15.4. The monoisotopic (exact) mass is 698 g/mol. The highest BCUT2D eigenvalue weighted by Gasteiger charge is 2.40. The lowest BCUT2D eigenvalue weighted by molar-refractivity contribution is -0.199. The smallest absolute Gasteiger partial charge is 0.264 e. The summed E-state index contributed by atoms with van der Waals surface area (Å²) in [4.78, 5) is 0. The number of ether oxygens (including phenoxy) is 4. The Bertz CT molecular complexity index is 1560. The second-order valence-corrected chi connectivity index (χ2v) is 14.5. The number of hydrogen-bond acceptors (Lipinski definition) is 10. The van der Waals surface area contributed by atoms with E-state index in [-0.39, 0.29) is 26.4 Å². The van der Waals surface area contributed by atoms with Gasteiger partial charge in [0.05, 0.1) is 52.2 Å². The lowest BCUT2D eigenvalue weighted by atomic mass is 10.0. The Labute approximate surface area is 283 Å². The van der Waals surface area contributed by atoms with Crippen molar-refractivity contribution in [3.05, 3.63) is 144 Å². The van der Waals surface area contributed by atoms with Gasteiger partial charge in [-0.3, -0.25) is 8.37 Å². The largest absolute Gasteiger partial charge is 0.368 e. The van der Waals surface area contributed by atoms with Gasteiger partial charge in [0.1, 0.15) is 24.4 Å². The van der Waals surface area contributed by atoms with E-state index in [0.717, 1.165) is 34.8 Å². The standard InChI is InChI=1S/C36H42O10S2/c1-47(37,38)45-27-33(41-23-29-15-7-3-8-16-29)35(43-25-31-19-11-5-12-20-31)36(44-26-32-21-13-6-14-22-32)34(28-46-48(2,39)40)42-24-30-17-9-4-10-18-30/h3-22,33-36H,23-28H2,1-2H3/t33-,34-,35-,36-/m1/s1. The second kappa shape index (κ2) is 18.9. The van der Waals surface area contributed by atoms with Crippen LogP contribution >= 0.6 is 0 Å². The second-order valence-electron chi connectivity index (χ2n) is 11.2. The van der Waals surface area contributed by atoms with Gasteiger partial charge in [0.15, 0.2) is 0 Å². The van der Waals surface area contributed by atoms with Crippen LogP contribution in [0.3, 0.4) is 0 Å². The van der Waals surface area contributed by atoms with Crippen molar-refractivity contribution in [1.29, 1.82) is 0 Å². The Morgan fingerprint density at radius 1 is 0.417 bits per heavy atom. The highest BCUT2D eigenvalue weighted by atomic mass is 32.2. The first kappa shape index (κ1) is 37.4. The highest BCUT2D eigenvalue weighted by Crippen LogP contribution is 2.24. The summed E-state index contributed by atoms with van der Waals surface area (Å²) >= 11 is 0. The third-order valence-corrected chi connectivity index (χ3v) is 8.26. The molecule has 0 aliphatic carbocycles. The van der Waals surface area contributed by atoms with Gasteiger partial charge in [-0.05, 0) is 22.3 Å². The molecule has 0 radical (unpaired) electrons. The highest BCUT2D eigenvalue weighted by molar-refractivity contribution is 7.86. The van der Waals surface area contributed by atoms with E-state index >= 15 is 0 Å². The summed E-state index contributed by atoms with van der Waals surface area (Å²) < 4.78 is 85.3. The Morgan fingerprint density at radius 2 is 0.667 bits per heavy atom. The van der Waals surface area contributed by atoms with Gasteiger partial charge in [-0.1, -0.05) is 121 Å². The molecule has 4 atom stereocenters. The molecule has 0 fully saturated rings. The molecule has 0 amide bonds.